The van der Waals surface area contributed by atoms with Crippen LogP contribution < -0.4 is 10.1 Å². The first-order valence-corrected chi connectivity index (χ1v) is 12.0. The Morgan fingerprint density at radius 2 is 1.90 bits per heavy atom. The molecule has 0 spiro atoms. The van der Waals surface area contributed by atoms with Gasteiger partial charge < -0.3 is 20.1 Å². The fourth-order valence-corrected chi connectivity index (χ4v) is 5.81. The number of nitrogens with zero attached hydrogens (tertiary/aromatic N) is 3. The molecule has 0 radical (unpaired) electrons. The number of carboxylic acid groups (broad SMARTS) is 1. The van der Waals surface area contributed by atoms with E-state index in [1.54, 1.807) is 47.2 Å². The molecule has 1 fully saturated rings. The van der Waals surface area contributed by atoms with Gasteiger partial charge in [-0.3, -0.25) is 0 Å². The molecule has 1 aliphatic heterocycles. The van der Waals surface area contributed by atoms with Gasteiger partial charge in [-0.15, -0.1) is 11.3 Å². The summed E-state index contributed by atoms with van der Waals surface area (Å²) in [5, 5.41) is 15.4. The number of carbonyl (C=O) groups is 1. The number of amides is 1. The molecule has 9 nitrogen and oxygen atoms in total. The topological polar surface area (TPSA) is 122 Å². The van der Waals surface area contributed by atoms with Crippen molar-refractivity contribution in [3.8, 4) is 5.88 Å². The lowest BCUT2D eigenvalue weighted by molar-refractivity contribution is 0.0870. The van der Waals surface area contributed by atoms with Crippen molar-refractivity contribution in [1.82, 2.24) is 14.9 Å². The molecule has 162 valence electrons. The normalized spacial score (nSPS) is 14.9. The van der Waals surface area contributed by atoms with Gasteiger partial charge >= 0.3 is 6.09 Å². The van der Waals surface area contributed by atoms with Crippen LogP contribution in [0.25, 0.3) is 0 Å². The van der Waals surface area contributed by atoms with Gasteiger partial charge in [0.25, 0.3) is 0 Å². The molecular formula is C20H20N4O5S2. The zero-order chi connectivity index (χ0) is 21.8. The van der Waals surface area contributed by atoms with Crippen molar-refractivity contribution in [1.29, 1.82) is 0 Å². The molecule has 0 aliphatic carbocycles. The van der Waals surface area contributed by atoms with Gasteiger partial charge in [0.05, 0.1) is 10.6 Å². The van der Waals surface area contributed by atoms with Gasteiger partial charge in [-0.2, -0.15) is 0 Å². The molecule has 3 aromatic rings. The standard InChI is InChI=1S/C20H20N4O5S2/c25-20(26)24-8-6-14(7-9-24)29-19-10-18(21-13-22-19)23-16-11-30-12-17(16)31(27,28)15-4-2-1-3-5-15/h1-5,10-14H,6-9H2,(H,25,26)(H,21,22,23). The number of nitrogens with one attached hydrogen (secondary N) is 1. The van der Waals surface area contributed by atoms with Crippen LogP contribution >= 0.6 is 11.3 Å². The first-order valence-electron chi connectivity index (χ1n) is 9.53. The highest BCUT2D eigenvalue weighted by Gasteiger charge is 2.25. The van der Waals surface area contributed by atoms with Crippen LogP contribution in [-0.4, -0.2) is 53.7 Å². The predicted molar refractivity (Wildman–Crippen MR) is 115 cm³/mol. The average molecular weight is 461 g/mol. The van der Waals surface area contributed by atoms with Crippen LogP contribution in [0.3, 0.4) is 0 Å². The predicted octanol–water partition coefficient (Wildman–Crippen LogP) is 3.64. The summed E-state index contributed by atoms with van der Waals surface area (Å²) in [6.07, 6.45) is 1.41. The van der Waals surface area contributed by atoms with Gasteiger partial charge in [0.15, 0.2) is 0 Å². The zero-order valence-corrected chi connectivity index (χ0v) is 18.0. The number of thiophene rings is 1. The minimum Gasteiger partial charge on any atom is -0.474 e. The second-order valence-corrected chi connectivity index (χ2v) is 9.58. The highest BCUT2D eigenvalue weighted by molar-refractivity contribution is 7.91. The van der Waals surface area contributed by atoms with Gasteiger partial charge in [0.2, 0.25) is 15.7 Å². The SMILES string of the molecule is O=C(O)N1CCC(Oc2cc(Nc3cscc3S(=O)(=O)c3ccccc3)ncn2)CC1. The van der Waals surface area contributed by atoms with Gasteiger partial charge in [-0.05, 0) is 12.1 Å². The van der Waals surface area contributed by atoms with E-state index in [2.05, 4.69) is 15.3 Å². The third kappa shape index (κ3) is 4.78. The summed E-state index contributed by atoms with van der Waals surface area (Å²) >= 11 is 1.27. The minimum absolute atomic E-state index is 0.145. The summed E-state index contributed by atoms with van der Waals surface area (Å²) in [5.74, 6) is 0.741. The van der Waals surface area contributed by atoms with Crippen molar-refractivity contribution >= 4 is 38.8 Å². The van der Waals surface area contributed by atoms with Crippen LogP contribution in [0.2, 0.25) is 0 Å². The molecule has 0 bridgehead atoms. The van der Waals surface area contributed by atoms with Crippen LogP contribution in [-0.2, 0) is 9.84 Å². The third-order valence-corrected chi connectivity index (χ3v) is 7.58. The van der Waals surface area contributed by atoms with Crippen LogP contribution in [0.4, 0.5) is 16.3 Å². The molecule has 3 heterocycles. The fraction of sp³-hybridized carbons (Fsp3) is 0.250. The van der Waals surface area contributed by atoms with E-state index in [9.17, 15) is 13.2 Å². The molecule has 11 heteroatoms. The second kappa shape index (κ2) is 8.90. The first kappa shape index (κ1) is 21.1. The number of rotatable bonds is 6. The van der Waals surface area contributed by atoms with Crippen molar-refractivity contribution in [2.24, 2.45) is 0 Å². The van der Waals surface area contributed by atoms with Crippen molar-refractivity contribution in [2.45, 2.75) is 28.7 Å². The molecule has 0 atom stereocenters. The van der Waals surface area contributed by atoms with Gasteiger partial charge in [-0.1, -0.05) is 18.2 Å². The Labute approximate surface area is 183 Å². The van der Waals surface area contributed by atoms with Crippen LogP contribution in [0, 0.1) is 0 Å². The third-order valence-electron chi connectivity index (χ3n) is 4.87. The molecule has 1 aromatic carbocycles. The summed E-state index contributed by atoms with van der Waals surface area (Å²) < 4.78 is 31.8. The maximum atomic E-state index is 13.0. The molecule has 31 heavy (non-hydrogen) atoms. The van der Waals surface area contributed by atoms with E-state index in [-0.39, 0.29) is 15.9 Å². The molecule has 0 saturated carbocycles. The highest BCUT2D eigenvalue weighted by Crippen LogP contribution is 2.33. The molecule has 4 rings (SSSR count). The number of aromatic nitrogens is 2. The molecular weight excluding hydrogens is 440 g/mol. The Hall–Kier alpha value is -3.18. The van der Waals surface area contributed by atoms with Crippen LogP contribution in [0.1, 0.15) is 12.8 Å². The summed E-state index contributed by atoms with van der Waals surface area (Å²) in [6.45, 7) is 0.817. The Kier molecular flexibility index (Phi) is 6.05. The lowest BCUT2D eigenvalue weighted by Crippen LogP contribution is -2.41. The van der Waals surface area contributed by atoms with Crippen molar-refractivity contribution in [3.63, 3.8) is 0 Å². The lowest BCUT2D eigenvalue weighted by atomic mass is 10.1. The number of sulfone groups is 1. The monoisotopic (exact) mass is 460 g/mol. The fourth-order valence-electron chi connectivity index (χ4n) is 3.26. The zero-order valence-electron chi connectivity index (χ0n) is 16.3. The average Bonchev–Trinajstić information content (AvgIpc) is 3.24. The Balaban J connectivity index is 1.47. The van der Waals surface area contributed by atoms with E-state index in [0.29, 0.717) is 43.3 Å². The van der Waals surface area contributed by atoms with E-state index in [1.165, 1.54) is 22.6 Å². The Morgan fingerprint density at radius 1 is 1.16 bits per heavy atom. The van der Waals surface area contributed by atoms with Gasteiger partial charge in [-0.25, -0.2) is 23.2 Å². The molecule has 1 amide bonds. The summed E-state index contributed by atoms with van der Waals surface area (Å²) in [4.78, 5) is 21.0. The molecule has 1 saturated heterocycles. The number of anilines is 2. The van der Waals surface area contributed by atoms with Crippen LogP contribution in [0.15, 0.2) is 63.3 Å². The summed E-state index contributed by atoms with van der Waals surface area (Å²) in [7, 11) is -3.67. The largest absolute Gasteiger partial charge is 0.474 e. The summed E-state index contributed by atoms with van der Waals surface area (Å²) in [5.41, 5.74) is 0.424. The number of benzene rings is 1. The molecule has 2 N–H and O–H groups in total. The van der Waals surface area contributed by atoms with Crippen molar-refractivity contribution in [3.05, 3.63) is 53.5 Å². The van der Waals surface area contributed by atoms with Crippen molar-refractivity contribution in [2.75, 3.05) is 18.4 Å². The van der Waals surface area contributed by atoms with Crippen LogP contribution in [0.5, 0.6) is 5.88 Å². The second-order valence-electron chi connectivity index (χ2n) is 6.92. The van der Waals surface area contributed by atoms with E-state index in [4.69, 9.17) is 9.84 Å². The minimum atomic E-state index is -3.67. The summed E-state index contributed by atoms with van der Waals surface area (Å²) in [6, 6.07) is 9.84. The first-order chi connectivity index (χ1) is 14.9. The van der Waals surface area contributed by atoms with E-state index in [1.807, 2.05) is 0 Å². The lowest BCUT2D eigenvalue weighted by Gasteiger charge is -2.29. The highest BCUT2D eigenvalue weighted by atomic mass is 32.2. The molecule has 2 aromatic heterocycles. The number of piperidine rings is 1. The number of hydrogen-bond donors (Lipinski definition) is 2. The maximum Gasteiger partial charge on any atom is 0.407 e. The number of likely N-dealkylation sites (tertiary alicyclic amines) is 1. The van der Waals surface area contributed by atoms with Gasteiger partial charge in [0.1, 0.15) is 23.1 Å². The molecule has 1 aliphatic rings. The smallest absolute Gasteiger partial charge is 0.407 e. The number of hydrogen-bond acceptors (Lipinski definition) is 8. The van der Waals surface area contributed by atoms with Gasteiger partial charge in [0, 0.05) is 42.8 Å². The molecule has 0 unspecified atom stereocenters. The quantitative estimate of drug-likeness (QED) is 0.572. The Morgan fingerprint density at radius 3 is 2.61 bits per heavy atom. The van der Waals surface area contributed by atoms with E-state index < -0.39 is 15.9 Å². The Bertz CT molecular complexity index is 1160. The number of ether oxygens (including phenoxy) is 1. The van der Waals surface area contributed by atoms with E-state index >= 15 is 0 Å². The van der Waals surface area contributed by atoms with Crippen molar-refractivity contribution < 1.29 is 23.1 Å². The maximum absolute atomic E-state index is 13.0. The van der Waals surface area contributed by atoms with E-state index in [0.717, 1.165) is 0 Å².